The molecular weight excluding hydrogens is 413 g/mol. The summed E-state index contributed by atoms with van der Waals surface area (Å²) in [6.07, 6.45) is 26.6. The van der Waals surface area contributed by atoms with Crippen LogP contribution in [0.5, 0.6) is 0 Å². The Bertz CT molecular complexity index is 373. The summed E-state index contributed by atoms with van der Waals surface area (Å²) in [6.45, 7) is 7.42. The molecule has 0 heterocycles. The second-order valence-electron chi connectivity index (χ2n) is 8.33. The zero-order valence-electron chi connectivity index (χ0n) is 21.1. The van der Waals surface area contributed by atoms with E-state index in [-0.39, 0.29) is 41.7 Å². The first-order chi connectivity index (χ1) is 14.8. The minimum atomic E-state index is -1.16. The van der Waals surface area contributed by atoms with Crippen LogP contribution in [0, 0.1) is 5.41 Å². The first kappa shape index (κ1) is 38.9. The fraction of sp³-hybridized carbons (Fsp3) is 0.885. The third-order valence-corrected chi connectivity index (χ3v) is 5.08. The van der Waals surface area contributed by atoms with Gasteiger partial charge in [0.05, 0.1) is 0 Å². The Hall–Kier alpha value is -0.390. The van der Waals surface area contributed by atoms with Gasteiger partial charge in [0.25, 0.3) is 0 Å². The van der Waals surface area contributed by atoms with Crippen molar-refractivity contribution in [2.24, 2.45) is 0 Å². The molecule has 0 aromatic heterocycles. The third kappa shape index (κ3) is 47.4. The SMILES string of the molecule is CC(=N)C(=O)O.CCC(=O)O.CCCCCCCCCCCCCCCCCCCC.[NaH]. The van der Waals surface area contributed by atoms with Crippen molar-refractivity contribution in [1.82, 2.24) is 0 Å². The molecule has 0 atom stereocenters. The summed E-state index contributed by atoms with van der Waals surface area (Å²) in [4.78, 5) is 18.8. The number of carboxylic acids is 2. The van der Waals surface area contributed by atoms with Crippen LogP contribution >= 0.6 is 0 Å². The second-order valence-corrected chi connectivity index (χ2v) is 8.33. The number of hydrogen-bond donors (Lipinski definition) is 3. The van der Waals surface area contributed by atoms with Crippen LogP contribution in [0.4, 0.5) is 0 Å². The third-order valence-electron chi connectivity index (χ3n) is 5.08. The molecule has 0 amide bonds. The van der Waals surface area contributed by atoms with Gasteiger partial charge in [-0.1, -0.05) is 136 Å². The molecule has 32 heavy (non-hydrogen) atoms. The van der Waals surface area contributed by atoms with Crippen molar-refractivity contribution in [3.05, 3.63) is 0 Å². The van der Waals surface area contributed by atoms with Gasteiger partial charge in [-0.2, -0.15) is 0 Å². The molecule has 0 fully saturated rings. The molecule has 5 nitrogen and oxygen atoms in total. The van der Waals surface area contributed by atoms with Crippen LogP contribution in [0.1, 0.15) is 150 Å². The molecule has 0 aliphatic carbocycles. The van der Waals surface area contributed by atoms with E-state index in [1.165, 1.54) is 122 Å². The Morgan fingerprint density at radius 1 is 0.562 bits per heavy atom. The summed E-state index contributed by atoms with van der Waals surface area (Å²) < 4.78 is 0. The zero-order valence-corrected chi connectivity index (χ0v) is 21.1. The van der Waals surface area contributed by atoms with Crippen LogP contribution in [0.2, 0.25) is 0 Å². The molecule has 3 N–H and O–H groups in total. The summed E-state index contributed by atoms with van der Waals surface area (Å²) in [7, 11) is 0. The summed E-state index contributed by atoms with van der Waals surface area (Å²) in [5, 5.41) is 21.8. The van der Waals surface area contributed by atoms with Crippen LogP contribution in [-0.2, 0) is 9.59 Å². The van der Waals surface area contributed by atoms with Gasteiger partial charge in [0.15, 0.2) is 0 Å². The Labute approximate surface area is 221 Å². The van der Waals surface area contributed by atoms with Gasteiger partial charge in [-0.25, -0.2) is 4.79 Å². The predicted molar refractivity (Wildman–Crippen MR) is 141 cm³/mol. The number of carboxylic acid groups (broad SMARTS) is 2. The first-order valence-electron chi connectivity index (χ1n) is 12.8. The van der Waals surface area contributed by atoms with Crippen molar-refractivity contribution >= 4 is 47.2 Å². The van der Waals surface area contributed by atoms with Gasteiger partial charge < -0.3 is 10.2 Å². The molecule has 0 saturated heterocycles. The van der Waals surface area contributed by atoms with Crippen LogP contribution in [0.3, 0.4) is 0 Å². The average Bonchev–Trinajstić information content (AvgIpc) is 2.74. The van der Waals surface area contributed by atoms with E-state index in [9.17, 15) is 9.59 Å². The Balaban J connectivity index is -0.000000269. The van der Waals surface area contributed by atoms with Crippen LogP contribution in [0.25, 0.3) is 0 Å². The van der Waals surface area contributed by atoms with Crippen LogP contribution in [-0.4, -0.2) is 57.4 Å². The monoisotopic (exact) mass is 467 g/mol. The van der Waals surface area contributed by atoms with Crippen molar-refractivity contribution in [3.8, 4) is 0 Å². The molecule has 0 bridgehead atoms. The molecule has 0 radical (unpaired) electrons. The standard InChI is InChI=1S/C20H42.C3H5NO2.C3H6O2.Na.H/c1-3-5-7-9-11-13-15-17-19-20-18-16-14-12-10-8-6-4-2;1-2(4)3(5)6;1-2-3(4)5;;/h3-20H2,1-2H3;4H,1H3,(H,5,6);2H2,1H3,(H,4,5);;. The summed E-state index contributed by atoms with van der Waals surface area (Å²) >= 11 is 0. The fourth-order valence-electron chi connectivity index (χ4n) is 2.97. The van der Waals surface area contributed by atoms with E-state index in [4.69, 9.17) is 15.6 Å². The van der Waals surface area contributed by atoms with Crippen LogP contribution in [0.15, 0.2) is 0 Å². The molecule has 0 aliphatic heterocycles. The summed E-state index contributed by atoms with van der Waals surface area (Å²) in [6, 6.07) is 0. The maximum absolute atomic E-state index is 9.47. The number of rotatable bonds is 19. The molecule has 0 aromatic carbocycles. The summed E-state index contributed by atoms with van der Waals surface area (Å²) in [5.74, 6) is -1.90. The molecule has 0 saturated carbocycles. The van der Waals surface area contributed by atoms with E-state index in [0.717, 1.165) is 0 Å². The van der Waals surface area contributed by atoms with Gasteiger partial charge in [0, 0.05) is 6.42 Å². The van der Waals surface area contributed by atoms with Crippen molar-refractivity contribution in [1.29, 1.82) is 5.41 Å². The van der Waals surface area contributed by atoms with Crippen molar-refractivity contribution in [3.63, 3.8) is 0 Å². The summed E-state index contributed by atoms with van der Waals surface area (Å²) in [5.41, 5.74) is -0.324. The van der Waals surface area contributed by atoms with Crippen LogP contribution < -0.4 is 0 Å². The van der Waals surface area contributed by atoms with Crippen molar-refractivity contribution in [2.75, 3.05) is 0 Å². The maximum atomic E-state index is 9.47. The fourth-order valence-corrected chi connectivity index (χ4v) is 2.97. The number of aliphatic carboxylic acids is 2. The van der Waals surface area contributed by atoms with Gasteiger partial charge in [-0.3, -0.25) is 10.2 Å². The van der Waals surface area contributed by atoms with Gasteiger partial charge in [0.2, 0.25) is 0 Å². The van der Waals surface area contributed by atoms with Crippen molar-refractivity contribution in [2.45, 2.75) is 150 Å². The molecule has 0 aliphatic rings. The van der Waals surface area contributed by atoms with E-state index in [2.05, 4.69) is 13.8 Å². The molecule has 6 heteroatoms. The topological polar surface area (TPSA) is 98.5 Å². The van der Waals surface area contributed by atoms with Gasteiger partial charge in [-0.05, 0) is 6.92 Å². The normalized spacial score (nSPS) is 9.50. The molecule has 0 unspecified atom stereocenters. The second kappa shape index (κ2) is 35.2. The zero-order chi connectivity index (χ0) is 24.2. The Morgan fingerprint density at radius 2 is 0.719 bits per heavy atom. The molecule has 188 valence electrons. The van der Waals surface area contributed by atoms with Gasteiger partial charge in [0.1, 0.15) is 5.71 Å². The number of unbranched alkanes of at least 4 members (excludes halogenated alkanes) is 17. The number of hydrogen-bond acceptors (Lipinski definition) is 3. The van der Waals surface area contributed by atoms with E-state index in [1.54, 1.807) is 6.92 Å². The Kier molecular flexibility index (Phi) is 42.7. The quantitative estimate of drug-likeness (QED) is 0.102. The average molecular weight is 468 g/mol. The van der Waals surface area contributed by atoms with Crippen molar-refractivity contribution < 1.29 is 19.8 Å². The first-order valence-corrected chi connectivity index (χ1v) is 12.8. The molecule has 0 spiro atoms. The predicted octanol–water partition coefficient (Wildman–Crippen LogP) is 7.99. The van der Waals surface area contributed by atoms with Gasteiger partial charge in [-0.15, -0.1) is 0 Å². The van der Waals surface area contributed by atoms with Gasteiger partial charge >= 0.3 is 41.5 Å². The number of carbonyl (C=O) groups is 2. The van der Waals surface area contributed by atoms with E-state index in [0.29, 0.717) is 0 Å². The number of nitrogens with one attached hydrogen (secondary N) is 1. The Morgan fingerprint density at radius 3 is 0.812 bits per heavy atom. The molecule has 0 aromatic rings. The van der Waals surface area contributed by atoms with E-state index in [1.807, 2.05) is 0 Å². The minimum absolute atomic E-state index is 0. The molecule has 0 rings (SSSR count). The van der Waals surface area contributed by atoms with E-state index < -0.39 is 11.9 Å². The molecular formula is C26H54NNaO4. The van der Waals surface area contributed by atoms with E-state index >= 15 is 0 Å².